The fourth-order valence-electron chi connectivity index (χ4n) is 3.14. The molecule has 2 N–H and O–H groups in total. The minimum absolute atomic E-state index is 0.00391. The SMILES string of the molecule is O=C1NC(c2ccc(Cl)c(Cl)c2)Nc2sc3c(c21)CCCC3. The van der Waals surface area contributed by atoms with Crippen LogP contribution in [0.5, 0.6) is 0 Å². The molecule has 2 aliphatic rings. The van der Waals surface area contributed by atoms with Gasteiger partial charge in [-0.1, -0.05) is 29.3 Å². The van der Waals surface area contributed by atoms with Gasteiger partial charge in [-0.2, -0.15) is 0 Å². The molecule has 0 fully saturated rings. The predicted molar refractivity (Wildman–Crippen MR) is 91.3 cm³/mol. The molecule has 4 rings (SSSR count). The highest BCUT2D eigenvalue weighted by Gasteiger charge is 2.32. The summed E-state index contributed by atoms with van der Waals surface area (Å²) >= 11 is 13.8. The van der Waals surface area contributed by atoms with Crippen molar-refractivity contribution in [2.75, 3.05) is 5.32 Å². The van der Waals surface area contributed by atoms with Crippen LogP contribution in [0, 0.1) is 0 Å². The standard InChI is InChI=1S/C16H14Cl2N2OS/c17-10-6-5-8(7-11(10)18)14-19-15(21)13-9-3-1-2-4-12(9)22-16(13)20-14/h5-7,14,20H,1-4H2,(H,19,21). The van der Waals surface area contributed by atoms with Gasteiger partial charge in [0.1, 0.15) is 11.2 Å². The van der Waals surface area contributed by atoms with Crippen molar-refractivity contribution in [3.05, 3.63) is 49.8 Å². The van der Waals surface area contributed by atoms with E-state index < -0.39 is 0 Å². The highest BCUT2D eigenvalue weighted by molar-refractivity contribution is 7.16. The molecule has 0 spiro atoms. The van der Waals surface area contributed by atoms with Gasteiger partial charge in [0.25, 0.3) is 5.91 Å². The van der Waals surface area contributed by atoms with Crippen molar-refractivity contribution in [1.82, 2.24) is 5.32 Å². The largest absolute Gasteiger partial charge is 0.353 e. The number of carbonyl (C=O) groups excluding carboxylic acids is 1. The molecule has 3 nitrogen and oxygen atoms in total. The molecule has 6 heteroatoms. The average molecular weight is 353 g/mol. The van der Waals surface area contributed by atoms with E-state index in [9.17, 15) is 4.79 Å². The molecular weight excluding hydrogens is 339 g/mol. The summed E-state index contributed by atoms with van der Waals surface area (Å²) in [6.45, 7) is 0. The number of halogens is 2. The number of carbonyl (C=O) groups is 1. The molecule has 1 amide bonds. The van der Waals surface area contributed by atoms with Crippen molar-refractivity contribution in [2.45, 2.75) is 31.8 Å². The van der Waals surface area contributed by atoms with Crippen molar-refractivity contribution in [1.29, 1.82) is 0 Å². The van der Waals surface area contributed by atoms with Crippen molar-refractivity contribution in [3.63, 3.8) is 0 Å². The number of nitrogens with one attached hydrogen (secondary N) is 2. The number of aryl methyl sites for hydroxylation is 1. The van der Waals surface area contributed by atoms with Gasteiger partial charge in [0.05, 0.1) is 15.6 Å². The summed E-state index contributed by atoms with van der Waals surface area (Å²) in [6, 6.07) is 5.42. The zero-order valence-electron chi connectivity index (χ0n) is 11.7. The summed E-state index contributed by atoms with van der Waals surface area (Å²) in [7, 11) is 0. The molecule has 1 aromatic carbocycles. The maximum Gasteiger partial charge on any atom is 0.256 e. The number of hydrogen-bond acceptors (Lipinski definition) is 3. The second kappa shape index (κ2) is 5.44. The van der Waals surface area contributed by atoms with Crippen LogP contribution in [0.25, 0.3) is 0 Å². The summed E-state index contributed by atoms with van der Waals surface area (Å²) in [6.07, 6.45) is 4.20. The molecule has 0 bridgehead atoms. The minimum Gasteiger partial charge on any atom is -0.353 e. The summed E-state index contributed by atoms with van der Waals surface area (Å²) in [5.74, 6) is 0.00391. The van der Waals surface area contributed by atoms with Gasteiger partial charge in [-0.05, 0) is 48.9 Å². The monoisotopic (exact) mass is 352 g/mol. The summed E-state index contributed by atoms with van der Waals surface area (Å²) in [4.78, 5) is 13.9. The number of anilines is 1. The first-order valence-corrected chi connectivity index (χ1v) is 8.87. The maximum absolute atomic E-state index is 12.6. The average Bonchev–Trinajstić information content (AvgIpc) is 2.88. The van der Waals surface area contributed by atoms with Crippen LogP contribution in [-0.4, -0.2) is 5.91 Å². The van der Waals surface area contributed by atoms with Crippen LogP contribution in [0.1, 0.15) is 45.4 Å². The molecule has 1 unspecified atom stereocenters. The zero-order valence-corrected chi connectivity index (χ0v) is 14.0. The molecule has 22 heavy (non-hydrogen) atoms. The van der Waals surface area contributed by atoms with E-state index in [1.807, 2.05) is 6.07 Å². The van der Waals surface area contributed by atoms with Gasteiger partial charge in [0.2, 0.25) is 0 Å². The van der Waals surface area contributed by atoms with Crippen molar-refractivity contribution >= 4 is 45.4 Å². The number of fused-ring (bicyclic) bond motifs is 3. The third-order valence-electron chi connectivity index (χ3n) is 4.23. The normalized spacial score (nSPS) is 19.9. The number of rotatable bonds is 1. The molecule has 114 valence electrons. The minimum atomic E-state index is -0.269. The Balaban J connectivity index is 1.71. The Kier molecular flexibility index (Phi) is 3.56. The van der Waals surface area contributed by atoms with E-state index in [-0.39, 0.29) is 12.1 Å². The predicted octanol–water partition coefficient (Wildman–Crippen LogP) is 4.79. The first-order valence-electron chi connectivity index (χ1n) is 7.30. The first kappa shape index (κ1) is 14.4. The molecule has 1 atom stereocenters. The highest BCUT2D eigenvalue weighted by Crippen LogP contribution is 2.41. The molecule has 0 saturated carbocycles. The van der Waals surface area contributed by atoms with Crippen LogP contribution < -0.4 is 10.6 Å². The molecule has 2 heterocycles. The Labute approximate surface area is 142 Å². The second-order valence-corrected chi connectivity index (χ2v) is 7.56. The smallest absolute Gasteiger partial charge is 0.256 e. The quantitative estimate of drug-likeness (QED) is 0.774. The van der Waals surface area contributed by atoms with E-state index in [0.717, 1.165) is 29.0 Å². The molecule has 0 radical (unpaired) electrons. The van der Waals surface area contributed by atoms with Gasteiger partial charge in [0, 0.05) is 4.88 Å². The van der Waals surface area contributed by atoms with Gasteiger partial charge < -0.3 is 10.6 Å². The lowest BCUT2D eigenvalue weighted by Crippen LogP contribution is -2.38. The lowest BCUT2D eigenvalue weighted by Gasteiger charge is -2.27. The van der Waals surface area contributed by atoms with Crippen LogP contribution >= 0.6 is 34.5 Å². The summed E-state index contributed by atoms with van der Waals surface area (Å²) < 4.78 is 0. The number of hydrogen-bond donors (Lipinski definition) is 2. The Morgan fingerprint density at radius 1 is 1.09 bits per heavy atom. The second-order valence-electron chi connectivity index (χ2n) is 5.64. The third kappa shape index (κ3) is 2.30. The molecule has 1 aromatic heterocycles. The van der Waals surface area contributed by atoms with E-state index in [2.05, 4.69) is 10.6 Å². The maximum atomic E-state index is 12.6. The lowest BCUT2D eigenvalue weighted by atomic mass is 9.94. The van der Waals surface area contributed by atoms with Gasteiger partial charge in [-0.3, -0.25) is 4.79 Å². The van der Waals surface area contributed by atoms with Crippen molar-refractivity contribution in [2.24, 2.45) is 0 Å². The Bertz CT molecular complexity index is 772. The van der Waals surface area contributed by atoms with Crippen LogP contribution in [-0.2, 0) is 12.8 Å². The Morgan fingerprint density at radius 3 is 2.73 bits per heavy atom. The number of thiophene rings is 1. The van der Waals surface area contributed by atoms with Crippen molar-refractivity contribution < 1.29 is 4.79 Å². The number of amides is 1. The van der Waals surface area contributed by atoms with Gasteiger partial charge in [0.15, 0.2) is 0 Å². The molecule has 1 aliphatic carbocycles. The topological polar surface area (TPSA) is 41.1 Å². The van der Waals surface area contributed by atoms with Gasteiger partial charge >= 0.3 is 0 Å². The molecule has 1 aliphatic heterocycles. The highest BCUT2D eigenvalue weighted by atomic mass is 35.5. The van der Waals surface area contributed by atoms with E-state index in [1.54, 1.807) is 23.5 Å². The zero-order chi connectivity index (χ0) is 15.3. The summed E-state index contributed by atoms with van der Waals surface area (Å²) in [5, 5.41) is 8.44. The van der Waals surface area contributed by atoms with Crippen LogP contribution in [0.3, 0.4) is 0 Å². The van der Waals surface area contributed by atoms with Crippen LogP contribution in [0.2, 0.25) is 10.0 Å². The summed E-state index contributed by atoms with van der Waals surface area (Å²) in [5.41, 5.74) is 2.99. The van der Waals surface area contributed by atoms with Crippen LogP contribution in [0.4, 0.5) is 5.00 Å². The van der Waals surface area contributed by atoms with Crippen molar-refractivity contribution in [3.8, 4) is 0 Å². The molecule has 2 aromatic rings. The fraction of sp³-hybridized carbons (Fsp3) is 0.312. The fourth-order valence-corrected chi connectivity index (χ4v) is 4.76. The van der Waals surface area contributed by atoms with E-state index in [1.165, 1.54) is 23.3 Å². The Morgan fingerprint density at radius 2 is 1.91 bits per heavy atom. The van der Waals surface area contributed by atoms with E-state index in [4.69, 9.17) is 23.2 Å². The van der Waals surface area contributed by atoms with Gasteiger partial charge in [-0.15, -0.1) is 11.3 Å². The lowest BCUT2D eigenvalue weighted by molar-refractivity contribution is 0.0935. The van der Waals surface area contributed by atoms with Crippen LogP contribution in [0.15, 0.2) is 18.2 Å². The Hall–Kier alpha value is -1.23. The van der Waals surface area contributed by atoms with Gasteiger partial charge in [-0.25, -0.2) is 0 Å². The van der Waals surface area contributed by atoms with E-state index in [0.29, 0.717) is 10.0 Å². The van der Waals surface area contributed by atoms with E-state index >= 15 is 0 Å². The number of benzene rings is 1. The molecular formula is C16H14Cl2N2OS. The molecule has 0 saturated heterocycles. The third-order valence-corrected chi connectivity index (χ3v) is 6.19. The first-order chi connectivity index (χ1) is 10.6.